The van der Waals surface area contributed by atoms with Gasteiger partial charge in [-0.25, -0.2) is 4.98 Å². The Morgan fingerprint density at radius 3 is 2.66 bits per heavy atom. The first-order valence-corrected chi connectivity index (χ1v) is 10.0. The lowest BCUT2D eigenvalue weighted by Gasteiger charge is -2.24. The van der Waals surface area contributed by atoms with Crippen molar-refractivity contribution in [1.82, 2.24) is 4.98 Å². The van der Waals surface area contributed by atoms with Crippen molar-refractivity contribution in [1.29, 1.82) is 5.41 Å². The van der Waals surface area contributed by atoms with Crippen molar-refractivity contribution in [3.05, 3.63) is 47.7 Å². The fourth-order valence-corrected chi connectivity index (χ4v) is 3.11. The average molecular weight is 448 g/mol. The summed E-state index contributed by atoms with van der Waals surface area (Å²) < 4.78 is 50.5. The van der Waals surface area contributed by atoms with Crippen LogP contribution in [0.2, 0.25) is 0 Å². The third-order valence-electron chi connectivity index (χ3n) is 4.64. The number of carbonyl (C=O) groups is 1. The normalized spacial score (nSPS) is 13.1. The Labute approximate surface area is 183 Å². The number of fused-ring (bicyclic) bond motifs is 1. The number of nitrogens with one attached hydrogen (secondary N) is 2. The van der Waals surface area contributed by atoms with Crippen molar-refractivity contribution in [3.63, 3.8) is 0 Å². The zero-order valence-electron chi connectivity index (χ0n) is 17.4. The molecule has 2 N–H and O–H groups in total. The number of amides is 1. The molecule has 0 fully saturated rings. The predicted molar refractivity (Wildman–Crippen MR) is 116 cm³/mol. The van der Waals surface area contributed by atoms with Gasteiger partial charge in [-0.3, -0.25) is 4.79 Å². The van der Waals surface area contributed by atoms with E-state index in [2.05, 4.69) is 10.3 Å². The van der Waals surface area contributed by atoms with Crippen molar-refractivity contribution in [2.75, 3.05) is 36.5 Å². The number of rotatable bonds is 8. The Bertz CT molecular complexity index is 1010. The molecule has 7 nitrogen and oxygen atoms in total. The number of pyridine rings is 1. The van der Waals surface area contributed by atoms with Crippen LogP contribution in [0.1, 0.15) is 24.6 Å². The van der Waals surface area contributed by atoms with Gasteiger partial charge in [-0.15, -0.1) is 0 Å². The standard InChI is InChI=1S/C22H23F3N4O3/c1-2-29(11-3-10-26)21-15(4-8-19(28-21)22(23,24)25)5-9-20(30)27-16-6-7-17-18(14-16)32-13-12-31-17/h4-10,14,26H,2-3,11-13H2,1H3,(H,27,30)/b9-5+,26-10?. The first-order chi connectivity index (χ1) is 15.3. The third kappa shape index (κ3) is 5.77. The van der Waals surface area contributed by atoms with Gasteiger partial charge in [0.25, 0.3) is 0 Å². The third-order valence-corrected chi connectivity index (χ3v) is 4.64. The largest absolute Gasteiger partial charge is 0.486 e. The Morgan fingerprint density at radius 2 is 1.97 bits per heavy atom. The van der Waals surface area contributed by atoms with E-state index in [0.29, 0.717) is 55.5 Å². The van der Waals surface area contributed by atoms with E-state index in [-0.39, 0.29) is 5.82 Å². The molecule has 170 valence electrons. The number of carbonyl (C=O) groups excluding carboxylic acids is 1. The Balaban J connectivity index is 1.81. The molecule has 1 amide bonds. The molecule has 0 unspecified atom stereocenters. The molecule has 1 aromatic heterocycles. The van der Waals surface area contributed by atoms with Crippen LogP contribution in [0.3, 0.4) is 0 Å². The number of aromatic nitrogens is 1. The van der Waals surface area contributed by atoms with Gasteiger partial charge in [0.15, 0.2) is 11.5 Å². The molecule has 1 aliphatic rings. The molecule has 3 rings (SSSR count). The number of ether oxygens (including phenoxy) is 2. The quantitative estimate of drug-likeness (QED) is 0.462. The summed E-state index contributed by atoms with van der Waals surface area (Å²) in [7, 11) is 0. The molecule has 1 aliphatic heterocycles. The summed E-state index contributed by atoms with van der Waals surface area (Å²) in [6.45, 7) is 3.39. The zero-order valence-corrected chi connectivity index (χ0v) is 17.4. The first-order valence-electron chi connectivity index (χ1n) is 10.0. The predicted octanol–water partition coefficient (Wildman–Crippen LogP) is 4.39. The van der Waals surface area contributed by atoms with Crippen LogP contribution in [0.5, 0.6) is 11.5 Å². The highest BCUT2D eigenvalue weighted by Gasteiger charge is 2.33. The summed E-state index contributed by atoms with van der Waals surface area (Å²) in [5.41, 5.74) is -0.156. The fourth-order valence-electron chi connectivity index (χ4n) is 3.11. The van der Waals surface area contributed by atoms with E-state index in [1.54, 1.807) is 30.0 Å². The number of hydrogen-bond donors (Lipinski definition) is 2. The van der Waals surface area contributed by atoms with E-state index < -0.39 is 17.8 Å². The minimum Gasteiger partial charge on any atom is -0.486 e. The molecule has 1 aromatic carbocycles. The van der Waals surface area contributed by atoms with E-state index in [1.165, 1.54) is 24.4 Å². The van der Waals surface area contributed by atoms with Crippen LogP contribution < -0.4 is 19.7 Å². The van der Waals surface area contributed by atoms with Gasteiger partial charge < -0.3 is 25.1 Å². The lowest BCUT2D eigenvalue weighted by Crippen LogP contribution is -2.27. The average Bonchev–Trinajstić information content (AvgIpc) is 2.78. The number of alkyl halides is 3. The zero-order chi connectivity index (χ0) is 23.1. The van der Waals surface area contributed by atoms with Gasteiger partial charge in [0.05, 0.1) is 0 Å². The number of benzene rings is 1. The van der Waals surface area contributed by atoms with E-state index in [4.69, 9.17) is 14.9 Å². The van der Waals surface area contributed by atoms with Crippen molar-refractivity contribution in [2.45, 2.75) is 19.5 Å². The Hall–Kier alpha value is -3.56. The lowest BCUT2D eigenvalue weighted by molar-refractivity contribution is -0.141. The maximum atomic E-state index is 13.2. The molecule has 0 radical (unpaired) electrons. The number of halogens is 3. The molecule has 10 heteroatoms. The van der Waals surface area contributed by atoms with Crippen LogP contribution >= 0.6 is 0 Å². The highest BCUT2D eigenvalue weighted by atomic mass is 19.4. The molecule has 0 aliphatic carbocycles. The van der Waals surface area contributed by atoms with Crippen LogP contribution in [-0.2, 0) is 11.0 Å². The highest BCUT2D eigenvalue weighted by Crippen LogP contribution is 2.33. The maximum Gasteiger partial charge on any atom is 0.433 e. The molecule has 0 saturated carbocycles. The smallest absolute Gasteiger partial charge is 0.433 e. The number of hydrogen-bond acceptors (Lipinski definition) is 6. The molecule has 0 saturated heterocycles. The molecule has 0 bridgehead atoms. The second-order valence-corrected chi connectivity index (χ2v) is 6.86. The van der Waals surface area contributed by atoms with Gasteiger partial charge in [-0.2, -0.15) is 13.2 Å². The highest BCUT2D eigenvalue weighted by molar-refractivity contribution is 6.02. The second kappa shape index (κ2) is 10.2. The van der Waals surface area contributed by atoms with Crippen molar-refractivity contribution >= 4 is 29.7 Å². The summed E-state index contributed by atoms with van der Waals surface area (Å²) in [6, 6.07) is 7.16. The number of anilines is 2. The van der Waals surface area contributed by atoms with E-state index in [0.717, 1.165) is 6.07 Å². The Morgan fingerprint density at radius 1 is 1.22 bits per heavy atom. The first kappa shape index (κ1) is 23.1. The minimum atomic E-state index is -4.59. The Kier molecular flexibility index (Phi) is 7.34. The van der Waals surface area contributed by atoms with Crippen molar-refractivity contribution in [2.24, 2.45) is 0 Å². The van der Waals surface area contributed by atoms with Gasteiger partial charge in [0, 0.05) is 36.5 Å². The van der Waals surface area contributed by atoms with Gasteiger partial charge >= 0.3 is 6.18 Å². The van der Waals surface area contributed by atoms with Crippen LogP contribution in [0.15, 0.2) is 36.4 Å². The SMILES string of the molecule is CCN(CCC=N)c1nc(C(F)(F)F)ccc1/C=C/C(=O)Nc1ccc2c(c1)OCCO2. The lowest BCUT2D eigenvalue weighted by atomic mass is 10.2. The summed E-state index contributed by atoms with van der Waals surface area (Å²) in [5.74, 6) is 0.759. The van der Waals surface area contributed by atoms with Crippen LogP contribution in [-0.4, -0.2) is 43.4 Å². The molecular weight excluding hydrogens is 425 g/mol. The van der Waals surface area contributed by atoms with Crippen molar-refractivity contribution in [3.8, 4) is 11.5 Å². The minimum absolute atomic E-state index is 0.104. The van der Waals surface area contributed by atoms with E-state index >= 15 is 0 Å². The second-order valence-electron chi connectivity index (χ2n) is 6.86. The molecule has 2 heterocycles. The molecule has 32 heavy (non-hydrogen) atoms. The summed E-state index contributed by atoms with van der Waals surface area (Å²) in [4.78, 5) is 17.8. The van der Waals surface area contributed by atoms with Crippen LogP contribution in [0.4, 0.5) is 24.7 Å². The molecular formula is C22H23F3N4O3. The van der Waals surface area contributed by atoms with Gasteiger partial charge in [-0.1, -0.05) is 0 Å². The van der Waals surface area contributed by atoms with Gasteiger partial charge in [0.1, 0.15) is 24.7 Å². The summed E-state index contributed by atoms with van der Waals surface area (Å²) in [5, 5.41) is 9.89. The molecule has 2 aromatic rings. The number of nitrogens with zero attached hydrogens (tertiary/aromatic N) is 2. The summed E-state index contributed by atoms with van der Waals surface area (Å²) in [6.07, 6.45) is -0.391. The maximum absolute atomic E-state index is 13.2. The molecule has 0 atom stereocenters. The van der Waals surface area contributed by atoms with E-state index in [9.17, 15) is 18.0 Å². The fraction of sp³-hybridized carbons (Fsp3) is 0.318. The van der Waals surface area contributed by atoms with Crippen LogP contribution in [0.25, 0.3) is 6.08 Å². The summed E-state index contributed by atoms with van der Waals surface area (Å²) >= 11 is 0. The van der Waals surface area contributed by atoms with E-state index in [1.807, 2.05) is 0 Å². The van der Waals surface area contributed by atoms with Crippen LogP contribution in [0, 0.1) is 5.41 Å². The molecule has 0 spiro atoms. The topological polar surface area (TPSA) is 87.5 Å². The van der Waals surface area contributed by atoms with Gasteiger partial charge in [-0.05, 0) is 49.9 Å². The van der Waals surface area contributed by atoms with Crippen molar-refractivity contribution < 1.29 is 27.4 Å². The van der Waals surface area contributed by atoms with Gasteiger partial charge in [0.2, 0.25) is 5.91 Å². The monoisotopic (exact) mass is 448 g/mol.